The van der Waals surface area contributed by atoms with Gasteiger partial charge in [0.25, 0.3) is 0 Å². The van der Waals surface area contributed by atoms with Gasteiger partial charge in [-0.25, -0.2) is 8.42 Å². The van der Waals surface area contributed by atoms with Gasteiger partial charge in [0, 0.05) is 5.57 Å². The molecular formula is C30H26O3S. The number of sulfone groups is 1. The minimum Gasteiger partial charge on any atom is -0.497 e. The van der Waals surface area contributed by atoms with Crippen LogP contribution in [0, 0.1) is 6.92 Å². The van der Waals surface area contributed by atoms with Crippen LogP contribution in [-0.4, -0.2) is 15.5 Å². The molecule has 0 bridgehead atoms. The van der Waals surface area contributed by atoms with Gasteiger partial charge in [0.05, 0.1) is 16.9 Å². The summed E-state index contributed by atoms with van der Waals surface area (Å²) in [4.78, 5) is 0.490. The lowest BCUT2D eigenvalue weighted by Gasteiger charge is -2.15. The predicted molar refractivity (Wildman–Crippen MR) is 140 cm³/mol. The maximum Gasteiger partial charge on any atom is 0.207 e. The summed E-state index contributed by atoms with van der Waals surface area (Å²) in [6, 6.07) is 33.7. The number of hydrogen-bond donors (Lipinski definition) is 0. The fraction of sp³-hybridized carbons (Fsp3) is 0.0667. The second-order valence-electron chi connectivity index (χ2n) is 7.93. The quantitative estimate of drug-likeness (QED) is 0.216. The van der Waals surface area contributed by atoms with Crippen molar-refractivity contribution in [1.82, 2.24) is 0 Å². The molecule has 0 fully saturated rings. The first-order valence-electron chi connectivity index (χ1n) is 11.0. The van der Waals surface area contributed by atoms with Crippen LogP contribution < -0.4 is 4.74 Å². The van der Waals surface area contributed by atoms with Gasteiger partial charge in [0.1, 0.15) is 5.75 Å². The smallest absolute Gasteiger partial charge is 0.207 e. The number of benzene rings is 4. The highest BCUT2D eigenvalue weighted by Gasteiger charge is 2.25. The van der Waals surface area contributed by atoms with E-state index in [1.54, 1.807) is 25.3 Å². The van der Waals surface area contributed by atoms with E-state index in [0.717, 1.165) is 22.3 Å². The van der Waals surface area contributed by atoms with Gasteiger partial charge in [-0.1, -0.05) is 90.5 Å². The topological polar surface area (TPSA) is 43.4 Å². The minimum atomic E-state index is -3.84. The van der Waals surface area contributed by atoms with Crippen LogP contribution in [0.2, 0.25) is 0 Å². The molecule has 3 nitrogen and oxygen atoms in total. The van der Waals surface area contributed by atoms with Crippen molar-refractivity contribution in [3.63, 3.8) is 0 Å². The van der Waals surface area contributed by atoms with Crippen molar-refractivity contribution in [3.8, 4) is 5.75 Å². The summed E-state index contributed by atoms with van der Waals surface area (Å²) in [6.45, 7) is 1.94. The fourth-order valence-corrected chi connectivity index (χ4v) is 5.13. The summed E-state index contributed by atoms with van der Waals surface area (Å²) in [5.41, 5.74) is 4.13. The van der Waals surface area contributed by atoms with Gasteiger partial charge in [-0.3, -0.25) is 0 Å². The Morgan fingerprint density at radius 2 is 1.24 bits per heavy atom. The van der Waals surface area contributed by atoms with Gasteiger partial charge < -0.3 is 4.74 Å². The molecule has 34 heavy (non-hydrogen) atoms. The average Bonchev–Trinajstić information content (AvgIpc) is 2.88. The Labute approximate surface area is 201 Å². The Hall–Kier alpha value is -3.89. The van der Waals surface area contributed by atoms with Crippen LogP contribution >= 0.6 is 0 Å². The molecule has 0 atom stereocenters. The molecule has 0 radical (unpaired) electrons. The first-order chi connectivity index (χ1) is 16.5. The summed E-state index contributed by atoms with van der Waals surface area (Å²) in [7, 11) is -2.23. The Bertz CT molecular complexity index is 1400. The van der Waals surface area contributed by atoms with Crippen molar-refractivity contribution < 1.29 is 13.2 Å². The molecule has 4 heteroatoms. The fourth-order valence-electron chi connectivity index (χ4n) is 3.63. The van der Waals surface area contributed by atoms with Crippen LogP contribution in [0.4, 0.5) is 0 Å². The highest BCUT2D eigenvalue weighted by atomic mass is 32.2. The van der Waals surface area contributed by atoms with E-state index in [2.05, 4.69) is 0 Å². The number of methoxy groups -OCH3 is 1. The van der Waals surface area contributed by atoms with Crippen molar-refractivity contribution in [3.05, 3.63) is 136 Å². The second kappa shape index (κ2) is 10.4. The van der Waals surface area contributed by atoms with Gasteiger partial charge in [0.2, 0.25) is 9.84 Å². The maximum atomic E-state index is 14.0. The molecule has 0 N–H and O–H groups in total. The van der Waals surface area contributed by atoms with Crippen molar-refractivity contribution in [2.45, 2.75) is 11.8 Å². The number of allylic oxidation sites excluding steroid dienone is 1. The zero-order chi connectivity index (χ0) is 24.0. The molecule has 4 aromatic rings. The van der Waals surface area contributed by atoms with E-state index in [1.165, 1.54) is 0 Å². The van der Waals surface area contributed by atoms with Gasteiger partial charge in [-0.15, -0.1) is 0 Å². The summed E-state index contributed by atoms with van der Waals surface area (Å²) in [6.07, 6.45) is 3.66. The van der Waals surface area contributed by atoms with Gasteiger partial charge in [-0.05, 0) is 60.0 Å². The van der Waals surface area contributed by atoms with E-state index in [9.17, 15) is 8.42 Å². The molecule has 0 saturated heterocycles. The molecule has 170 valence electrons. The van der Waals surface area contributed by atoms with Crippen LogP contribution in [0.25, 0.3) is 17.7 Å². The summed E-state index contributed by atoms with van der Waals surface area (Å²) < 4.78 is 33.4. The normalized spacial score (nSPS) is 12.4. The summed E-state index contributed by atoms with van der Waals surface area (Å²) >= 11 is 0. The predicted octanol–water partition coefficient (Wildman–Crippen LogP) is 7.06. The van der Waals surface area contributed by atoms with Gasteiger partial charge in [0.15, 0.2) is 0 Å². The SMILES string of the molecule is COc1ccc(/C=C(\C(=C\c2ccccc2)c2ccccc2)S(=O)(=O)c2ccc(C)cc2)cc1. The van der Waals surface area contributed by atoms with Crippen molar-refractivity contribution in [2.75, 3.05) is 7.11 Å². The van der Waals surface area contributed by atoms with E-state index < -0.39 is 9.84 Å². The van der Waals surface area contributed by atoms with Crippen LogP contribution in [0.5, 0.6) is 5.75 Å². The molecule has 0 heterocycles. The Kier molecular flexibility index (Phi) is 7.09. The highest BCUT2D eigenvalue weighted by Crippen LogP contribution is 2.35. The number of rotatable bonds is 7. The molecule has 0 amide bonds. The molecule has 0 aromatic heterocycles. The zero-order valence-electron chi connectivity index (χ0n) is 19.2. The van der Waals surface area contributed by atoms with E-state index in [1.807, 2.05) is 110 Å². The Morgan fingerprint density at radius 3 is 1.82 bits per heavy atom. The lowest BCUT2D eigenvalue weighted by atomic mass is 10.0. The van der Waals surface area contributed by atoms with E-state index in [4.69, 9.17) is 4.74 Å². The number of hydrogen-bond acceptors (Lipinski definition) is 3. The summed E-state index contributed by atoms with van der Waals surface area (Å²) in [5, 5.41) is 0. The first kappa shape index (κ1) is 23.3. The standard InChI is InChI=1S/C30H26O3S/c1-23-13-19-28(20-14-23)34(31,32)30(22-25-15-17-27(33-2)18-16-25)29(26-11-7-4-8-12-26)21-24-9-5-3-6-10-24/h3-22H,1-2H3/b29-21+,30-22+. The van der Waals surface area contributed by atoms with Crippen LogP contribution in [0.3, 0.4) is 0 Å². The molecule has 4 aromatic carbocycles. The van der Waals surface area contributed by atoms with Gasteiger partial charge >= 0.3 is 0 Å². The molecule has 0 unspecified atom stereocenters. The maximum absolute atomic E-state index is 14.0. The molecule has 0 aliphatic rings. The third kappa shape index (κ3) is 5.36. The molecule has 4 rings (SSSR count). The van der Waals surface area contributed by atoms with Gasteiger partial charge in [-0.2, -0.15) is 0 Å². The number of ether oxygens (including phenoxy) is 1. The van der Waals surface area contributed by atoms with E-state index in [-0.39, 0.29) is 9.80 Å². The summed E-state index contributed by atoms with van der Waals surface area (Å²) in [5.74, 6) is 0.711. The van der Waals surface area contributed by atoms with Crippen molar-refractivity contribution in [1.29, 1.82) is 0 Å². The second-order valence-corrected chi connectivity index (χ2v) is 9.85. The number of aryl methyl sites for hydroxylation is 1. The van der Waals surface area contributed by atoms with Crippen LogP contribution in [0.15, 0.2) is 119 Å². The highest BCUT2D eigenvalue weighted by molar-refractivity contribution is 7.96. The zero-order valence-corrected chi connectivity index (χ0v) is 20.0. The first-order valence-corrected chi connectivity index (χ1v) is 12.5. The molecule has 0 aliphatic carbocycles. The monoisotopic (exact) mass is 466 g/mol. The molecular weight excluding hydrogens is 440 g/mol. The van der Waals surface area contributed by atoms with E-state index in [0.29, 0.717) is 11.3 Å². The molecule has 0 saturated carbocycles. The molecule has 0 spiro atoms. The largest absolute Gasteiger partial charge is 0.497 e. The van der Waals surface area contributed by atoms with Crippen LogP contribution in [-0.2, 0) is 9.84 Å². The minimum absolute atomic E-state index is 0.233. The van der Waals surface area contributed by atoms with Crippen molar-refractivity contribution in [2.24, 2.45) is 0 Å². The van der Waals surface area contributed by atoms with Crippen molar-refractivity contribution >= 4 is 27.6 Å². The lowest BCUT2D eigenvalue weighted by Crippen LogP contribution is -2.07. The third-order valence-electron chi connectivity index (χ3n) is 5.50. The Morgan fingerprint density at radius 1 is 0.676 bits per heavy atom. The van der Waals surface area contributed by atoms with E-state index >= 15 is 0 Å². The molecule has 0 aliphatic heterocycles. The average molecular weight is 467 g/mol. The van der Waals surface area contributed by atoms with Crippen LogP contribution in [0.1, 0.15) is 22.3 Å². The third-order valence-corrected chi connectivity index (χ3v) is 7.30. The lowest BCUT2D eigenvalue weighted by molar-refractivity contribution is 0.415. The Balaban J connectivity index is 1.98.